The van der Waals surface area contributed by atoms with Gasteiger partial charge in [0.05, 0.1) is 5.75 Å². The molecule has 132 valence electrons. The van der Waals surface area contributed by atoms with Crippen LogP contribution < -0.4 is 4.90 Å². The Kier molecular flexibility index (Phi) is 5.12. The van der Waals surface area contributed by atoms with Gasteiger partial charge in [-0.15, -0.1) is 11.8 Å². The van der Waals surface area contributed by atoms with Gasteiger partial charge in [0, 0.05) is 36.8 Å². The first-order chi connectivity index (χ1) is 12.8. The molecule has 3 aromatic rings. The van der Waals surface area contributed by atoms with E-state index in [-0.39, 0.29) is 5.91 Å². The second kappa shape index (κ2) is 7.83. The standard InChI is InChI=1S/C22H22N2OS/c25-22(17-26-21-12-6-8-18-7-4-5-11-20(18)21)24-15-13-23(14-16-24)19-9-2-1-3-10-19/h1-12H,13-17H2. The fraction of sp³-hybridized carbons (Fsp3) is 0.227. The summed E-state index contributed by atoms with van der Waals surface area (Å²) in [6.07, 6.45) is 0. The Labute approximate surface area is 158 Å². The van der Waals surface area contributed by atoms with Crippen LogP contribution in [0.1, 0.15) is 0 Å². The van der Waals surface area contributed by atoms with E-state index in [1.54, 1.807) is 11.8 Å². The lowest BCUT2D eigenvalue weighted by Gasteiger charge is -2.36. The van der Waals surface area contributed by atoms with Crippen molar-refractivity contribution in [1.82, 2.24) is 4.90 Å². The van der Waals surface area contributed by atoms with Crippen LogP contribution in [0.4, 0.5) is 5.69 Å². The molecule has 0 aliphatic carbocycles. The highest BCUT2D eigenvalue weighted by atomic mass is 32.2. The first-order valence-corrected chi connectivity index (χ1v) is 9.98. The molecule has 1 fully saturated rings. The summed E-state index contributed by atoms with van der Waals surface area (Å²) in [5.41, 5.74) is 1.24. The van der Waals surface area contributed by atoms with Crippen molar-refractivity contribution in [1.29, 1.82) is 0 Å². The number of amides is 1. The van der Waals surface area contributed by atoms with Crippen molar-refractivity contribution in [3.05, 3.63) is 72.8 Å². The molecule has 0 atom stereocenters. The molecule has 1 heterocycles. The summed E-state index contributed by atoms with van der Waals surface area (Å²) in [5.74, 6) is 0.731. The van der Waals surface area contributed by atoms with Gasteiger partial charge in [-0.1, -0.05) is 54.6 Å². The molecule has 0 spiro atoms. The van der Waals surface area contributed by atoms with Crippen LogP contribution in [0, 0.1) is 0 Å². The van der Waals surface area contributed by atoms with Gasteiger partial charge in [0.2, 0.25) is 5.91 Å². The number of nitrogens with zero attached hydrogens (tertiary/aromatic N) is 2. The topological polar surface area (TPSA) is 23.6 Å². The average Bonchev–Trinajstić information content (AvgIpc) is 2.73. The van der Waals surface area contributed by atoms with Crippen LogP contribution in [0.25, 0.3) is 10.8 Å². The van der Waals surface area contributed by atoms with E-state index < -0.39 is 0 Å². The molecule has 0 saturated carbocycles. The molecule has 4 heteroatoms. The summed E-state index contributed by atoms with van der Waals surface area (Å²) >= 11 is 1.64. The van der Waals surface area contributed by atoms with Crippen LogP contribution in [-0.4, -0.2) is 42.7 Å². The van der Waals surface area contributed by atoms with Crippen LogP contribution >= 0.6 is 11.8 Å². The number of anilines is 1. The van der Waals surface area contributed by atoms with Crippen molar-refractivity contribution in [2.24, 2.45) is 0 Å². The van der Waals surface area contributed by atoms with E-state index in [4.69, 9.17) is 0 Å². The third-order valence-electron chi connectivity index (χ3n) is 4.85. The summed E-state index contributed by atoms with van der Waals surface area (Å²) in [5, 5.41) is 2.45. The third-order valence-corrected chi connectivity index (χ3v) is 5.91. The van der Waals surface area contributed by atoms with Gasteiger partial charge in [0.25, 0.3) is 0 Å². The molecule has 1 amide bonds. The van der Waals surface area contributed by atoms with Crippen molar-refractivity contribution in [3.63, 3.8) is 0 Å². The molecule has 0 radical (unpaired) electrons. The summed E-state index contributed by atoms with van der Waals surface area (Å²) in [7, 11) is 0. The van der Waals surface area contributed by atoms with Crippen LogP contribution in [0.5, 0.6) is 0 Å². The number of fused-ring (bicyclic) bond motifs is 1. The smallest absolute Gasteiger partial charge is 0.233 e. The van der Waals surface area contributed by atoms with Gasteiger partial charge in [-0.3, -0.25) is 4.79 Å². The van der Waals surface area contributed by atoms with E-state index in [1.165, 1.54) is 21.4 Å². The van der Waals surface area contributed by atoms with Gasteiger partial charge in [-0.2, -0.15) is 0 Å². The number of carbonyl (C=O) groups excluding carboxylic acids is 1. The fourth-order valence-corrected chi connectivity index (χ4v) is 4.38. The van der Waals surface area contributed by atoms with Crippen molar-refractivity contribution < 1.29 is 4.79 Å². The van der Waals surface area contributed by atoms with Crippen molar-refractivity contribution in [3.8, 4) is 0 Å². The monoisotopic (exact) mass is 362 g/mol. The molecule has 1 saturated heterocycles. The lowest BCUT2D eigenvalue weighted by atomic mass is 10.1. The van der Waals surface area contributed by atoms with Crippen LogP contribution in [0.2, 0.25) is 0 Å². The van der Waals surface area contributed by atoms with Crippen molar-refractivity contribution >= 4 is 34.1 Å². The van der Waals surface area contributed by atoms with Crippen LogP contribution in [0.15, 0.2) is 77.7 Å². The van der Waals surface area contributed by atoms with E-state index in [2.05, 4.69) is 65.6 Å². The first-order valence-electron chi connectivity index (χ1n) is 8.99. The predicted molar refractivity (Wildman–Crippen MR) is 110 cm³/mol. The highest BCUT2D eigenvalue weighted by molar-refractivity contribution is 8.00. The molecule has 0 unspecified atom stereocenters. The minimum Gasteiger partial charge on any atom is -0.368 e. The second-order valence-electron chi connectivity index (χ2n) is 6.47. The predicted octanol–water partition coefficient (Wildman–Crippen LogP) is 4.28. The Morgan fingerprint density at radius 2 is 1.50 bits per heavy atom. The van der Waals surface area contributed by atoms with Crippen molar-refractivity contribution in [2.75, 3.05) is 36.8 Å². The quantitative estimate of drug-likeness (QED) is 0.647. The average molecular weight is 362 g/mol. The van der Waals surface area contributed by atoms with Gasteiger partial charge < -0.3 is 9.80 Å². The number of rotatable bonds is 4. The Bertz CT molecular complexity index is 884. The van der Waals surface area contributed by atoms with E-state index in [9.17, 15) is 4.79 Å². The largest absolute Gasteiger partial charge is 0.368 e. The first kappa shape index (κ1) is 17.0. The molecule has 1 aliphatic rings. The molecule has 3 nitrogen and oxygen atoms in total. The maximum atomic E-state index is 12.6. The van der Waals surface area contributed by atoms with E-state index in [0.717, 1.165) is 26.2 Å². The maximum absolute atomic E-state index is 12.6. The summed E-state index contributed by atoms with van der Waals surface area (Å²) in [6, 6.07) is 25.1. The zero-order valence-corrected chi connectivity index (χ0v) is 15.5. The fourth-order valence-electron chi connectivity index (χ4n) is 3.41. The number of piperazine rings is 1. The van der Waals surface area contributed by atoms with Crippen LogP contribution in [-0.2, 0) is 4.79 Å². The van der Waals surface area contributed by atoms with Gasteiger partial charge >= 0.3 is 0 Å². The lowest BCUT2D eigenvalue weighted by molar-refractivity contribution is -0.128. The number of thioether (sulfide) groups is 1. The number of hydrogen-bond donors (Lipinski definition) is 0. The Balaban J connectivity index is 1.34. The summed E-state index contributed by atoms with van der Waals surface area (Å²) < 4.78 is 0. The molecule has 1 aliphatic heterocycles. The number of hydrogen-bond acceptors (Lipinski definition) is 3. The van der Waals surface area contributed by atoms with Crippen molar-refractivity contribution in [2.45, 2.75) is 4.90 Å². The molecular weight excluding hydrogens is 340 g/mol. The zero-order chi connectivity index (χ0) is 17.8. The van der Waals surface area contributed by atoms with E-state index in [1.807, 2.05) is 17.0 Å². The third kappa shape index (κ3) is 3.70. The molecule has 0 aromatic heterocycles. The molecule has 0 N–H and O–H groups in total. The number of benzene rings is 3. The van der Waals surface area contributed by atoms with E-state index in [0.29, 0.717) is 5.75 Å². The molecular formula is C22H22N2OS. The normalized spacial score (nSPS) is 14.6. The highest BCUT2D eigenvalue weighted by Crippen LogP contribution is 2.28. The van der Waals surface area contributed by atoms with Crippen LogP contribution in [0.3, 0.4) is 0 Å². The van der Waals surface area contributed by atoms with Gasteiger partial charge in [-0.25, -0.2) is 0 Å². The molecule has 4 rings (SSSR count). The Morgan fingerprint density at radius 1 is 0.808 bits per heavy atom. The van der Waals surface area contributed by atoms with Gasteiger partial charge in [0.15, 0.2) is 0 Å². The van der Waals surface area contributed by atoms with E-state index >= 15 is 0 Å². The summed E-state index contributed by atoms with van der Waals surface area (Å²) in [4.78, 5) is 18.2. The highest BCUT2D eigenvalue weighted by Gasteiger charge is 2.21. The SMILES string of the molecule is O=C(CSc1cccc2ccccc12)N1CCN(c2ccccc2)CC1. The molecule has 3 aromatic carbocycles. The summed E-state index contributed by atoms with van der Waals surface area (Å²) in [6.45, 7) is 3.39. The molecule has 0 bridgehead atoms. The molecule has 26 heavy (non-hydrogen) atoms. The number of carbonyl (C=O) groups is 1. The second-order valence-corrected chi connectivity index (χ2v) is 7.49. The Hall–Kier alpha value is -2.46. The minimum atomic E-state index is 0.232. The van der Waals surface area contributed by atoms with Gasteiger partial charge in [-0.05, 0) is 29.0 Å². The maximum Gasteiger partial charge on any atom is 0.233 e. The lowest BCUT2D eigenvalue weighted by Crippen LogP contribution is -2.49. The minimum absolute atomic E-state index is 0.232. The Morgan fingerprint density at radius 3 is 2.31 bits per heavy atom. The zero-order valence-electron chi connectivity index (χ0n) is 14.7. The number of para-hydroxylation sites is 1. The van der Waals surface area contributed by atoms with Gasteiger partial charge in [0.1, 0.15) is 0 Å².